The zero-order valence-electron chi connectivity index (χ0n) is 14.2. The summed E-state index contributed by atoms with van der Waals surface area (Å²) in [7, 11) is 1.84. The molecule has 1 atom stereocenters. The summed E-state index contributed by atoms with van der Waals surface area (Å²) >= 11 is 0. The van der Waals surface area contributed by atoms with E-state index < -0.39 is 0 Å². The van der Waals surface area contributed by atoms with Crippen molar-refractivity contribution in [3.05, 3.63) is 72.0 Å². The summed E-state index contributed by atoms with van der Waals surface area (Å²) in [5.74, 6) is -0.339. The van der Waals surface area contributed by atoms with Gasteiger partial charge < -0.3 is 9.57 Å². The molecule has 0 spiro atoms. The monoisotopic (exact) mass is 333 g/mol. The van der Waals surface area contributed by atoms with Crippen LogP contribution in [0.15, 0.2) is 66.4 Å². The summed E-state index contributed by atoms with van der Waals surface area (Å²) in [5, 5.41) is 6.21. The number of carbonyl (C=O) groups is 1. The molecule has 0 saturated heterocycles. The number of hydroxylamine groups is 2. The fraction of sp³-hybridized carbons (Fsp3) is 0.190. The number of nitrogens with zero attached hydrogens (tertiary/aromatic N) is 1. The van der Waals surface area contributed by atoms with Gasteiger partial charge >= 0.3 is 5.97 Å². The van der Waals surface area contributed by atoms with Gasteiger partial charge in [-0.15, -0.1) is 5.06 Å². The molecular weight excluding hydrogens is 314 g/mol. The molecule has 0 aliphatic carbocycles. The zero-order chi connectivity index (χ0) is 17.4. The highest BCUT2D eigenvalue weighted by Crippen LogP contribution is 2.41. The third kappa shape index (κ3) is 2.55. The molecule has 0 aromatic heterocycles. The third-order valence-corrected chi connectivity index (χ3v) is 4.60. The van der Waals surface area contributed by atoms with Gasteiger partial charge in [0.2, 0.25) is 0 Å². The van der Waals surface area contributed by atoms with Crippen LogP contribution in [0.4, 0.5) is 0 Å². The Morgan fingerprint density at radius 2 is 1.68 bits per heavy atom. The smallest absolute Gasteiger partial charge is 0.339 e. The van der Waals surface area contributed by atoms with Crippen LogP contribution in [0.5, 0.6) is 0 Å². The summed E-state index contributed by atoms with van der Waals surface area (Å²) in [6.45, 7) is 2.14. The van der Waals surface area contributed by atoms with Crippen molar-refractivity contribution in [2.24, 2.45) is 0 Å². The first kappa shape index (κ1) is 15.7. The second-order valence-corrected chi connectivity index (χ2v) is 6.08. The second-order valence-electron chi connectivity index (χ2n) is 6.08. The van der Waals surface area contributed by atoms with Gasteiger partial charge in [0, 0.05) is 7.05 Å². The van der Waals surface area contributed by atoms with Crippen molar-refractivity contribution in [3.8, 4) is 0 Å². The van der Waals surface area contributed by atoms with E-state index in [4.69, 9.17) is 9.57 Å². The minimum Gasteiger partial charge on any atom is -0.462 e. The normalized spacial score (nSPS) is 17.5. The molecular formula is C21H19NO3. The van der Waals surface area contributed by atoms with E-state index in [9.17, 15) is 4.79 Å². The lowest BCUT2D eigenvalue weighted by Crippen LogP contribution is -2.23. The SMILES string of the molecule is CCOC(=O)C1=CON(C)C1c1c2ccccc2cc2ccccc12. The number of hydrogen-bond acceptors (Lipinski definition) is 4. The Balaban J connectivity index is 2.00. The van der Waals surface area contributed by atoms with Gasteiger partial charge in [0.15, 0.2) is 0 Å². The number of likely N-dealkylation sites (N-methyl/N-ethyl adjacent to an activating group) is 1. The average Bonchev–Trinajstić information content (AvgIpc) is 3.01. The highest BCUT2D eigenvalue weighted by molar-refractivity contribution is 6.04. The Morgan fingerprint density at radius 3 is 2.28 bits per heavy atom. The number of ether oxygens (including phenoxy) is 1. The van der Waals surface area contributed by atoms with E-state index in [1.807, 2.05) is 31.3 Å². The first-order valence-corrected chi connectivity index (χ1v) is 8.38. The molecule has 0 fully saturated rings. The molecule has 25 heavy (non-hydrogen) atoms. The van der Waals surface area contributed by atoms with Crippen molar-refractivity contribution in [3.63, 3.8) is 0 Å². The van der Waals surface area contributed by atoms with Crippen LogP contribution < -0.4 is 0 Å². The molecule has 1 aliphatic rings. The van der Waals surface area contributed by atoms with Crippen LogP contribution in [-0.4, -0.2) is 24.7 Å². The van der Waals surface area contributed by atoms with Crippen LogP contribution in [0, 0.1) is 0 Å². The molecule has 126 valence electrons. The number of carbonyl (C=O) groups excluding carboxylic acids is 1. The molecule has 1 heterocycles. The first-order valence-electron chi connectivity index (χ1n) is 8.38. The molecule has 0 amide bonds. The van der Waals surface area contributed by atoms with Crippen LogP contribution in [-0.2, 0) is 14.4 Å². The largest absolute Gasteiger partial charge is 0.462 e. The van der Waals surface area contributed by atoms with E-state index in [-0.39, 0.29) is 12.0 Å². The molecule has 1 aliphatic heterocycles. The fourth-order valence-corrected chi connectivity index (χ4v) is 3.52. The second kappa shape index (κ2) is 6.22. The topological polar surface area (TPSA) is 38.8 Å². The maximum absolute atomic E-state index is 12.4. The van der Waals surface area contributed by atoms with Gasteiger partial charge in [-0.25, -0.2) is 4.79 Å². The summed E-state index contributed by atoms with van der Waals surface area (Å²) in [5.41, 5.74) is 1.58. The highest BCUT2D eigenvalue weighted by atomic mass is 16.7. The summed E-state index contributed by atoms with van der Waals surface area (Å²) < 4.78 is 5.24. The Kier molecular flexibility index (Phi) is 3.90. The quantitative estimate of drug-likeness (QED) is 0.527. The predicted octanol–water partition coefficient (Wildman–Crippen LogP) is 4.36. The summed E-state index contributed by atoms with van der Waals surface area (Å²) in [6, 6.07) is 18.3. The van der Waals surface area contributed by atoms with Crippen molar-refractivity contribution in [1.82, 2.24) is 5.06 Å². The number of rotatable bonds is 3. The molecule has 0 N–H and O–H groups in total. The molecule has 3 aromatic carbocycles. The van der Waals surface area contributed by atoms with E-state index >= 15 is 0 Å². The number of hydrogen-bond donors (Lipinski definition) is 0. The van der Waals surface area contributed by atoms with Gasteiger partial charge in [0.05, 0.1) is 12.2 Å². The van der Waals surface area contributed by atoms with Crippen LogP contribution >= 0.6 is 0 Å². The van der Waals surface area contributed by atoms with Gasteiger partial charge in [0.25, 0.3) is 0 Å². The third-order valence-electron chi connectivity index (χ3n) is 4.60. The van der Waals surface area contributed by atoms with Gasteiger partial charge in [-0.2, -0.15) is 0 Å². The van der Waals surface area contributed by atoms with E-state index in [0.29, 0.717) is 12.2 Å². The van der Waals surface area contributed by atoms with Crippen molar-refractivity contribution >= 4 is 27.5 Å². The molecule has 4 rings (SSSR count). The van der Waals surface area contributed by atoms with E-state index in [1.54, 1.807) is 12.0 Å². The Hall–Kier alpha value is -2.85. The van der Waals surface area contributed by atoms with Crippen LogP contribution in [0.3, 0.4) is 0 Å². The van der Waals surface area contributed by atoms with Crippen LogP contribution in [0.2, 0.25) is 0 Å². The standard InChI is InChI=1S/C21H19NO3/c1-3-24-21(23)18-13-25-22(2)20(18)19-16-10-6-4-8-14(16)12-15-9-5-7-11-17(15)19/h4-13,20H,3H2,1-2H3. The Morgan fingerprint density at radius 1 is 1.08 bits per heavy atom. The summed E-state index contributed by atoms with van der Waals surface area (Å²) in [6.07, 6.45) is 1.50. The maximum Gasteiger partial charge on any atom is 0.339 e. The lowest BCUT2D eigenvalue weighted by molar-refractivity contribution is -0.139. The van der Waals surface area contributed by atoms with Gasteiger partial charge in [-0.3, -0.25) is 0 Å². The van der Waals surface area contributed by atoms with E-state index in [2.05, 4.69) is 30.3 Å². The molecule has 0 saturated carbocycles. The fourth-order valence-electron chi connectivity index (χ4n) is 3.52. The van der Waals surface area contributed by atoms with E-state index in [0.717, 1.165) is 27.1 Å². The Labute approximate surface area is 146 Å². The molecule has 0 radical (unpaired) electrons. The lowest BCUT2D eigenvalue weighted by atomic mass is 9.89. The Bertz CT molecular complexity index is 939. The average molecular weight is 333 g/mol. The number of benzene rings is 3. The molecule has 3 aromatic rings. The minimum atomic E-state index is -0.339. The minimum absolute atomic E-state index is 0.310. The molecule has 4 nitrogen and oxygen atoms in total. The van der Waals surface area contributed by atoms with E-state index in [1.165, 1.54) is 6.26 Å². The van der Waals surface area contributed by atoms with Crippen molar-refractivity contribution in [2.75, 3.05) is 13.7 Å². The summed E-state index contributed by atoms with van der Waals surface area (Å²) in [4.78, 5) is 18.0. The predicted molar refractivity (Wildman–Crippen MR) is 97.8 cm³/mol. The van der Waals surface area contributed by atoms with Crippen LogP contribution in [0.1, 0.15) is 18.5 Å². The van der Waals surface area contributed by atoms with Gasteiger partial charge in [-0.05, 0) is 40.1 Å². The van der Waals surface area contributed by atoms with Crippen LogP contribution in [0.25, 0.3) is 21.5 Å². The molecule has 1 unspecified atom stereocenters. The van der Waals surface area contributed by atoms with Gasteiger partial charge in [0.1, 0.15) is 12.3 Å². The highest BCUT2D eigenvalue weighted by Gasteiger charge is 2.36. The lowest BCUT2D eigenvalue weighted by Gasteiger charge is -2.23. The maximum atomic E-state index is 12.4. The van der Waals surface area contributed by atoms with Crippen molar-refractivity contribution in [1.29, 1.82) is 0 Å². The molecule has 4 heteroatoms. The van der Waals surface area contributed by atoms with Crippen molar-refractivity contribution in [2.45, 2.75) is 13.0 Å². The molecule has 0 bridgehead atoms. The first-order chi connectivity index (χ1) is 12.2. The zero-order valence-corrected chi connectivity index (χ0v) is 14.2. The van der Waals surface area contributed by atoms with Crippen molar-refractivity contribution < 1.29 is 14.4 Å². The number of esters is 1. The van der Waals surface area contributed by atoms with Gasteiger partial charge in [-0.1, -0.05) is 48.5 Å². The number of fused-ring (bicyclic) bond motifs is 2.